The molecule has 1 aliphatic rings. The van der Waals surface area contributed by atoms with E-state index in [0.29, 0.717) is 5.56 Å². The topological polar surface area (TPSA) is 40.5 Å². The predicted octanol–water partition coefficient (Wildman–Crippen LogP) is 3.71. The average Bonchev–Trinajstić information content (AvgIpc) is 2.63. The number of carboxylic acid groups (broad SMARTS) is 1. The summed E-state index contributed by atoms with van der Waals surface area (Å²) in [4.78, 5) is 13.6. The van der Waals surface area contributed by atoms with Crippen molar-refractivity contribution in [3.05, 3.63) is 29.3 Å². The van der Waals surface area contributed by atoms with Crippen molar-refractivity contribution in [1.29, 1.82) is 0 Å². The highest BCUT2D eigenvalue weighted by molar-refractivity contribution is 5.94. The second-order valence-corrected chi connectivity index (χ2v) is 5.52. The summed E-state index contributed by atoms with van der Waals surface area (Å²) < 4.78 is 0. The number of anilines is 1. The molecule has 1 saturated heterocycles. The summed E-state index contributed by atoms with van der Waals surface area (Å²) in [6.07, 6.45) is 4.82. The van der Waals surface area contributed by atoms with E-state index in [9.17, 15) is 9.90 Å². The summed E-state index contributed by atoms with van der Waals surface area (Å²) in [5.74, 6) is -0.0290. The molecule has 0 aliphatic carbocycles. The second-order valence-electron chi connectivity index (χ2n) is 5.52. The number of carbonyl (C=O) groups is 1. The van der Waals surface area contributed by atoms with Gasteiger partial charge >= 0.3 is 5.97 Å². The maximum absolute atomic E-state index is 11.4. The van der Waals surface area contributed by atoms with E-state index < -0.39 is 5.97 Å². The van der Waals surface area contributed by atoms with Crippen LogP contribution in [0, 0.1) is 12.8 Å². The van der Waals surface area contributed by atoms with Crippen LogP contribution in [-0.4, -0.2) is 24.2 Å². The third kappa shape index (κ3) is 3.28. The van der Waals surface area contributed by atoms with Crippen molar-refractivity contribution >= 4 is 11.7 Å². The third-order valence-electron chi connectivity index (χ3n) is 4.15. The highest BCUT2D eigenvalue weighted by Gasteiger charge is 2.20. The van der Waals surface area contributed by atoms with Gasteiger partial charge in [0.25, 0.3) is 0 Å². The Kier molecular flexibility index (Phi) is 4.46. The Labute approximate surface area is 115 Å². The molecule has 0 bridgehead atoms. The molecule has 3 nitrogen and oxygen atoms in total. The van der Waals surface area contributed by atoms with Crippen molar-refractivity contribution < 1.29 is 9.90 Å². The molecule has 1 aromatic rings. The van der Waals surface area contributed by atoms with Crippen molar-refractivity contribution in [2.24, 2.45) is 5.92 Å². The van der Waals surface area contributed by atoms with Crippen LogP contribution in [0.4, 0.5) is 5.69 Å². The van der Waals surface area contributed by atoms with Crippen LogP contribution < -0.4 is 4.90 Å². The third-order valence-corrected chi connectivity index (χ3v) is 4.15. The fraction of sp³-hybridized carbons (Fsp3) is 0.562. The van der Waals surface area contributed by atoms with Gasteiger partial charge in [0.15, 0.2) is 0 Å². The zero-order valence-corrected chi connectivity index (χ0v) is 11.9. The lowest BCUT2D eigenvalue weighted by atomic mass is 9.98. The minimum atomic E-state index is -0.824. The van der Waals surface area contributed by atoms with Gasteiger partial charge in [0.2, 0.25) is 0 Å². The lowest BCUT2D eigenvalue weighted by Crippen LogP contribution is -2.26. The number of aromatic carboxylic acids is 1. The SMILES string of the molecule is CCC1CCCN(c2ccc(C)cc2C(=O)O)CC1. The molecule has 3 heteroatoms. The first kappa shape index (κ1) is 13.9. The molecule has 0 amide bonds. The summed E-state index contributed by atoms with van der Waals surface area (Å²) >= 11 is 0. The maximum atomic E-state index is 11.4. The highest BCUT2D eigenvalue weighted by Crippen LogP contribution is 2.27. The van der Waals surface area contributed by atoms with Crippen LogP contribution in [0.1, 0.15) is 48.5 Å². The van der Waals surface area contributed by atoms with E-state index in [-0.39, 0.29) is 0 Å². The summed E-state index contributed by atoms with van der Waals surface area (Å²) in [5.41, 5.74) is 2.33. The Bertz CT molecular complexity index is 456. The van der Waals surface area contributed by atoms with E-state index in [1.807, 2.05) is 19.1 Å². The standard InChI is InChI=1S/C16H23NO2/c1-3-13-5-4-9-17(10-8-13)15-7-6-12(2)11-14(15)16(18)19/h6-7,11,13H,3-5,8-10H2,1-2H3,(H,18,19). The van der Waals surface area contributed by atoms with Crippen LogP contribution in [-0.2, 0) is 0 Å². The first-order chi connectivity index (χ1) is 9.11. The predicted molar refractivity (Wildman–Crippen MR) is 78.0 cm³/mol. The van der Waals surface area contributed by atoms with E-state index >= 15 is 0 Å². The minimum absolute atomic E-state index is 0.440. The minimum Gasteiger partial charge on any atom is -0.478 e. The summed E-state index contributed by atoms with van der Waals surface area (Å²) in [5, 5.41) is 9.36. The summed E-state index contributed by atoms with van der Waals surface area (Å²) in [6.45, 7) is 6.13. The number of hydrogen-bond acceptors (Lipinski definition) is 2. The van der Waals surface area contributed by atoms with E-state index in [1.54, 1.807) is 6.07 Å². The number of aryl methyl sites for hydroxylation is 1. The zero-order chi connectivity index (χ0) is 13.8. The first-order valence-corrected chi connectivity index (χ1v) is 7.20. The number of hydrogen-bond donors (Lipinski definition) is 1. The molecule has 1 aromatic carbocycles. The first-order valence-electron chi connectivity index (χ1n) is 7.20. The van der Waals surface area contributed by atoms with Crippen molar-refractivity contribution in [3.8, 4) is 0 Å². The molecule has 19 heavy (non-hydrogen) atoms. The van der Waals surface area contributed by atoms with E-state index in [2.05, 4.69) is 11.8 Å². The molecule has 2 rings (SSSR count). The van der Waals surface area contributed by atoms with Gasteiger partial charge in [0.05, 0.1) is 11.3 Å². The van der Waals surface area contributed by atoms with Crippen LogP contribution in [0.2, 0.25) is 0 Å². The number of nitrogens with zero attached hydrogens (tertiary/aromatic N) is 1. The van der Waals surface area contributed by atoms with Crippen LogP contribution in [0.25, 0.3) is 0 Å². The summed E-state index contributed by atoms with van der Waals surface area (Å²) in [7, 11) is 0. The normalized spacial score (nSPS) is 20.1. The Morgan fingerprint density at radius 3 is 2.84 bits per heavy atom. The number of carboxylic acids is 1. The largest absolute Gasteiger partial charge is 0.478 e. The molecule has 1 N–H and O–H groups in total. The van der Waals surface area contributed by atoms with E-state index in [4.69, 9.17) is 0 Å². The Morgan fingerprint density at radius 2 is 2.16 bits per heavy atom. The zero-order valence-electron chi connectivity index (χ0n) is 11.9. The van der Waals surface area contributed by atoms with E-state index in [1.165, 1.54) is 19.3 Å². The smallest absolute Gasteiger partial charge is 0.337 e. The van der Waals surface area contributed by atoms with Gasteiger partial charge in [0, 0.05) is 13.1 Å². The van der Waals surface area contributed by atoms with Crippen molar-refractivity contribution in [2.75, 3.05) is 18.0 Å². The van der Waals surface area contributed by atoms with Crippen LogP contribution in [0.3, 0.4) is 0 Å². The van der Waals surface area contributed by atoms with Crippen molar-refractivity contribution in [1.82, 2.24) is 0 Å². The molecule has 1 atom stereocenters. The Hall–Kier alpha value is -1.51. The van der Waals surface area contributed by atoms with Crippen molar-refractivity contribution in [3.63, 3.8) is 0 Å². The summed E-state index contributed by atoms with van der Waals surface area (Å²) in [6, 6.07) is 5.74. The molecular formula is C16H23NO2. The monoisotopic (exact) mass is 261 g/mol. The number of benzene rings is 1. The van der Waals surface area contributed by atoms with Crippen LogP contribution >= 0.6 is 0 Å². The molecule has 0 spiro atoms. The van der Waals surface area contributed by atoms with Gasteiger partial charge < -0.3 is 10.0 Å². The molecule has 0 saturated carbocycles. The number of rotatable bonds is 3. The molecule has 0 aromatic heterocycles. The van der Waals surface area contributed by atoms with Gasteiger partial charge in [-0.2, -0.15) is 0 Å². The van der Waals surface area contributed by atoms with Crippen LogP contribution in [0.15, 0.2) is 18.2 Å². The van der Waals surface area contributed by atoms with Gasteiger partial charge in [-0.05, 0) is 44.2 Å². The van der Waals surface area contributed by atoms with Gasteiger partial charge in [-0.15, -0.1) is 0 Å². The van der Waals surface area contributed by atoms with Gasteiger partial charge in [-0.25, -0.2) is 4.79 Å². The van der Waals surface area contributed by atoms with Crippen molar-refractivity contribution in [2.45, 2.75) is 39.5 Å². The second kappa shape index (κ2) is 6.09. The van der Waals surface area contributed by atoms with Gasteiger partial charge in [-0.1, -0.05) is 25.0 Å². The lowest BCUT2D eigenvalue weighted by Gasteiger charge is -2.24. The molecule has 104 valence electrons. The van der Waals surface area contributed by atoms with Gasteiger partial charge in [-0.3, -0.25) is 0 Å². The molecule has 1 heterocycles. The molecule has 1 unspecified atom stereocenters. The molecule has 1 aliphatic heterocycles. The average molecular weight is 261 g/mol. The molecule has 0 radical (unpaired) electrons. The van der Waals surface area contributed by atoms with Crippen LogP contribution in [0.5, 0.6) is 0 Å². The Balaban J connectivity index is 2.23. The molecule has 1 fully saturated rings. The fourth-order valence-electron chi connectivity index (χ4n) is 2.91. The van der Waals surface area contributed by atoms with E-state index in [0.717, 1.165) is 36.7 Å². The fourth-order valence-corrected chi connectivity index (χ4v) is 2.91. The van der Waals surface area contributed by atoms with Gasteiger partial charge in [0.1, 0.15) is 0 Å². The lowest BCUT2D eigenvalue weighted by molar-refractivity contribution is 0.0697. The quantitative estimate of drug-likeness (QED) is 0.901. The molecular weight excluding hydrogens is 238 g/mol. The highest BCUT2D eigenvalue weighted by atomic mass is 16.4. The Morgan fingerprint density at radius 1 is 1.37 bits per heavy atom. The maximum Gasteiger partial charge on any atom is 0.337 e.